The number of anilines is 1. The van der Waals surface area contributed by atoms with Gasteiger partial charge in [-0.2, -0.15) is 0 Å². The number of amides is 2. The molecule has 0 radical (unpaired) electrons. The molecule has 0 aliphatic heterocycles. The van der Waals surface area contributed by atoms with Crippen LogP contribution in [0.5, 0.6) is 17.2 Å². The van der Waals surface area contributed by atoms with Crippen molar-refractivity contribution in [2.24, 2.45) is 0 Å². The number of thioether (sulfide) groups is 1. The van der Waals surface area contributed by atoms with E-state index in [2.05, 4.69) is 10.6 Å². The highest BCUT2D eigenvalue weighted by molar-refractivity contribution is 7.99. The van der Waals surface area contributed by atoms with Gasteiger partial charge in [0.1, 0.15) is 11.4 Å². The van der Waals surface area contributed by atoms with Crippen LogP contribution in [0.4, 0.5) is 5.69 Å². The molecule has 0 bridgehead atoms. The van der Waals surface area contributed by atoms with Crippen molar-refractivity contribution in [3.63, 3.8) is 0 Å². The van der Waals surface area contributed by atoms with Gasteiger partial charge >= 0.3 is 5.97 Å². The number of methoxy groups -OCH3 is 3. The number of carbonyl (C=O) groups excluding carboxylic acids is 3. The number of nitrogens with one attached hydrogen (secondary N) is 2. The van der Waals surface area contributed by atoms with Gasteiger partial charge in [0.05, 0.1) is 27.9 Å². The normalized spacial score (nSPS) is 11.1. The Morgan fingerprint density at radius 2 is 1.51 bits per heavy atom. The molecule has 0 spiro atoms. The molecule has 2 amide bonds. The van der Waals surface area contributed by atoms with Gasteiger partial charge in [0.2, 0.25) is 0 Å². The Bertz CT molecular complexity index is 1400. The summed E-state index contributed by atoms with van der Waals surface area (Å²) in [6.45, 7) is 2.09. The van der Waals surface area contributed by atoms with Crippen LogP contribution in [-0.4, -0.2) is 51.5 Å². The van der Waals surface area contributed by atoms with Crippen LogP contribution in [0.1, 0.15) is 22.8 Å². The Morgan fingerprint density at radius 3 is 2.15 bits per heavy atom. The molecule has 214 valence electrons. The molecule has 2 N–H and O–H groups in total. The smallest absolute Gasteiger partial charge is 0.330 e. The van der Waals surface area contributed by atoms with Gasteiger partial charge in [-0.1, -0.05) is 24.3 Å². The standard InChI is InChI=1S/C31H32N2O7S/c1-5-40-29(34)12-9-17-41-24-15-13-23(14-16-24)32-31(36)25(33-30(35)21-10-7-6-8-11-21)18-22-19-27(38-3)28(39-4)20-26(22)37-2/h6-16,18-20H,5,17H2,1-4H3,(H,32,36)(H,33,35)/b12-9+,25-18-. The molecule has 3 aromatic carbocycles. The molecule has 0 heterocycles. The first-order chi connectivity index (χ1) is 19.9. The summed E-state index contributed by atoms with van der Waals surface area (Å²) in [7, 11) is 4.50. The summed E-state index contributed by atoms with van der Waals surface area (Å²) in [5.41, 5.74) is 1.41. The second-order valence-electron chi connectivity index (χ2n) is 8.27. The fraction of sp³-hybridized carbons (Fsp3) is 0.194. The molecule has 0 saturated carbocycles. The van der Waals surface area contributed by atoms with E-state index in [-0.39, 0.29) is 11.7 Å². The molecule has 41 heavy (non-hydrogen) atoms. The zero-order chi connectivity index (χ0) is 29.6. The van der Waals surface area contributed by atoms with Gasteiger partial charge in [0, 0.05) is 39.6 Å². The maximum atomic E-state index is 13.4. The van der Waals surface area contributed by atoms with Gasteiger partial charge in [-0.3, -0.25) is 9.59 Å². The lowest BCUT2D eigenvalue weighted by Crippen LogP contribution is -2.30. The topological polar surface area (TPSA) is 112 Å². The Labute approximate surface area is 243 Å². The number of esters is 1. The van der Waals surface area contributed by atoms with E-state index >= 15 is 0 Å². The van der Waals surface area contributed by atoms with Crippen LogP contribution in [-0.2, 0) is 14.3 Å². The zero-order valence-electron chi connectivity index (χ0n) is 23.3. The molecule has 0 aliphatic rings. The predicted octanol–water partition coefficient (Wildman–Crippen LogP) is 5.33. The fourth-order valence-corrected chi connectivity index (χ4v) is 4.29. The summed E-state index contributed by atoms with van der Waals surface area (Å²) in [6.07, 6.45) is 4.64. The van der Waals surface area contributed by atoms with Crippen LogP contribution in [0.15, 0.2) is 89.5 Å². The third-order valence-corrected chi connectivity index (χ3v) is 6.53. The third-order valence-electron chi connectivity index (χ3n) is 5.56. The van der Waals surface area contributed by atoms with Crippen molar-refractivity contribution in [2.75, 3.05) is 39.0 Å². The van der Waals surface area contributed by atoms with E-state index in [4.69, 9.17) is 18.9 Å². The lowest BCUT2D eigenvalue weighted by atomic mass is 10.1. The summed E-state index contributed by atoms with van der Waals surface area (Å²) in [5, 5.41) is 5.54. The van der Waals surface area contributed by atoms with E-state index < -0.39 is 11.8 Å². The summed E-state index contributed by atoms with van der Waals surface area (Å²) in [6, 6.07) is 19.1. The second kappa shape index (κ2) is 15.8. The van der Waals surface area contributed by atoms with Crippen LogP contribution < -0.4 is 24.8 Å². The van der Waals surface area contributed by atoms with E-state index in [1.165, 1.54) is 45.2 Å². The maximum Gasteiger partial charge on any atom is 0.330 e. The highest BCUT2D eigenvalue weighted by Gasteiger charge is 2.18. The van der Waals surface area contributed by atoms with Crippen molar-refractivity contribution in [3.05, 3.63) is 95.7 Å². The predicted molar refractivity (Wildman–Crippen MR) is 160 cm³/mol. The molecule has 3 aromatic rings. The molecule has 3 rings (SSSR count). The summed E-state index contributed by atoms with van der Waals surface area (Å²) in [5.74, 6) is 0.517. The average Bonchev–Trinajstić information content (AvgIpc) is 2.99. The Kier molecular flexibility index (Phi) is 11.9. The lowest BCUT2D eigenvalue weighted by Gasteiger charge is -2.15. The number of ether oxygens (including phenoxy) is 4. The number of benzene rings is 3. The van der Waals surface area contributed by atoms with Crippen molar-refractivity contribution in [2.45, 2.75) is 11.8 Å². The number of carbonyl (C=O) groups is 3. The van der Waals surface area contributed by atoms with Crippen LogP contribution in [0.3, 0.4) is 0 Å². The molecule has 0 unspecified atom stereocenters. The van der Waals surface area contributed by atoms with Gasteiger partial charge in [-0.15, -0.1) is 11.8 Å². The first-order valence-electron chi connectivity index (χ1n) is 12.6. The molecule has 10 heteroatoms. The van der Waals surface area contributed by atoms with E-state index in [0.29, 0.717) is 46.4 Å². The molecule has 0 aliphatic carbocycles. The average molecular weight is 577 g/mol. The van der Waals surface area contributed by atoms with Gasteiger partial charge in [0.25, 0.3) is 11.8 Å². The number of rotatable bonds is 13. The molecule has 0 saturated heterocycles. The van der Waals surface area contributed by atoms with Crippen molar-refractivity contribution < 1.29 is 33.3 Å². The van der Waals surface area contributed by atoms with E-state index in [1.807, 2.05) is 12.1 Å². The highest BCUT2D eigenvalue weighted by Crippen LogP contribution is 2.35. The van der Waals surface area contributed by atoms with E-state index in [0.717, 1.165) is 4.90 Å². The van der Waals surface area contributed by atoms with Gasteiger partial charge in [-0.05, 0) is 55.5 Å². The van der Waals surface area contributed by atoms with Crippen LogP contribution in [0.2, 0.25) is 0 Å². The Hall–Kier alpha value is -4.70. The quantitative estimate of drug-likeness (QED) is 0.160. The minimum absolute atomic E-state index is 0.00747. The van der Waals surface area contributed by atoms with Gasteiger partial charge in [0.15, 0.2) is 11.5 Å². The van der Waals surface area contributed by atoms with E-state index in [9.17, 15) is 14.4 Å². The summed E-state index contributed by atoms with van der Waals surface area (Å²) < 4.78 is 21.1. The third kappa shape index (κ3) is 9.18. The van der Waals surface area contributed by atoms with Gasteiger partial charge in [-0.25, -0.2) is 4.79 Å². The van der Waals surface area contributed by atoms with Crippen molar-refractivity contribution in [1.82, 2.24) is 5.32 Å². The van der Waals surface area contributed by atoms with Crippen molar-refractivity contribution >= 4 is 41.3 Å². The summed E-state index contributed by atoms with van der Waals surface area (Å²) >= 11 is 1.52. The minimum atomic E-state index is -0.538. The Balaban J connectivity index is 1.83. The minimum Gasteiger partial charge on any atom is -0.496 e. The van der Waals surface area contributed by atoms with Crippen molar-refractivity contribution in [3.8, 4) is 17.2 Å². The monoisotopic (exact) mass is 576 g/mol. The first-order valence-corrected chi connectivity index (χ1v) is 13.6. The molecular formula is C31H32N2O7S. The molecule has 9 nitrogen and oxygen atoms in total. The number of hydrogen-bond acceptors (Lipinski definition) is 8. The first kappa shape index (κ1) is 30.8. The van der Waals surface area contributed by atoms with Crippen LogP contribution >= 0.6 is 11.8 Å². The number of hydrogen-bond donors (Lipinski definition) is 2. The van der Waals surface area contributed by atoms with E-state index in [1.54, 1.807) is 67.6 Å². The molecule has 0 atom stereocenters. The summed E-state index contributed by atoms with van der Waals surface area (Å²) in [4.78, 5) is 38.8. The van der Waals surface area contributed by atoms with Gasteiger partial charge < -0.3 is 29.6 Å². The van der Waals surface area contributed by atoms with Crippen LogP contribution in [0.25, 0.3) is 6.08 Å². The van der Waals surface area contributed by atoms with Crippen LogP contribution in [0, 0.1) is 0 Å². The maximum absolute atomic E-state index is 13.4. The largest absolute Gasteiger partial charge is 0.496 e. The second-order valence-corrected chi connectivity index (χ2v) is 9.36. The highest BCUT2D eigenvalue weighted by atomic mass is 32.2. The van der Waals surface area contributed by atoms with Crippen molar-refractivity contribution in [1.29, 1.82) is 0 Å². The molecular weight excluding hydrogens is 544 g/mol. The fourth-order valence-electron chi connectivity index (χ4n) is 3.58. The lowest BCUT2D eigenvalue weighted by molar-refractivity contribution is -0.137. The zero-order valence-corrected chi connectivity index (χ0v) is 24.1. The molecule has 0 aromatic heterocycles. The Morgan fingerprint density at radius 1 is 0.854 bits per heavy atom. The SMILES string of the molecule is CCOC(=O)/C=C/CSc1ccc(NC(=O)/C(=C/c2cc(OC)c(OC)cc2OC)NC(=O)c2ccccc2)cc1. The molecule has 0 fully saturated rings.